The van der Waals surface area contributed by atoms with Gasteiger partial charge in [-0.2, -0.15) is 5.26 Å². The lowest BCUT2D eigenvalue weighted by molar-refractivity contribution is -0.816. The Morgan fingerprint density at radius 2 is 1.81 bits per heavy atom. The normalized spacial score (nSPS) is 11.5. The van der Waals surface area contributed by atoms with Crippen molar-refractivity contribution < 1.29 is 28.5 Å². The number of hydrogen-bond acceptors (Lipinski definition) is 1. The molecule has 0 unspecified atom stereocenters. The van der Waals surface area contributed by atoms with Gasteiger partial charge in [-0.3, -0.25) is 0 Å². The summed E-state index contributed by atoms with van der Waals surface area (Å²) in [5, 5.41) is 8.80. The minimum atomic E-state index is 0. The number of nitriles is 1. The lowest BCUT2D eigenvalue weighted by atomic mass is 10.0. The summed E-state index contributed by atoms with van der Waals surface area (Å²) in [5.41, 5.74) is 2.22. The highest BCUT2D eigenvalue weighted by molar-refractivity contribution is 5.66. The van der Waals surface area contributed by atoms with E-state index < -0.39 is 0 Å². The Balaban J connectivity index is 0.00000225. The molecule has 0 aliphatic heterocycles. The Labute approximate surface area is 115 Å². The molecule has 0 saturated carbocycles. The van der Waals surface area contributed by atoms with Gasteiger partial charge in [-0.1, -0.05) is 30.3 Å². The number of benzene rings is 1. The first-order chi connectivity index (χ1) is 7.03. The van der Waals surface area contributed by atoms with E-state index in [9.17, 15) is 0 Å². The summed E-state index contributed by atoms with van der Waals surface area (Å²) in [6.07, 6.45) is 2.57. The molecule has 1 rings (SSSR count). The molecule has 3 heteroatoms. The second-order valence-electron chi connectivity index (χ2n) is 4.47. The SMILES string of the molecule is C[N+](C)(C)/C=C(\CC#N)c1ccccc1.[I-]. The molecule has 0 aliphatic carbocycles. The number of nitrogens with zero attached hydrogens (tertiary/aromatic N) is 2. The van der Waals surface area contributed by atoms with Crippen LogP contribution >= 0.6 is 0 Å². The molecule has 0 aromatic heterocycles. The van der Waals surface area contributed by atoms with E-state index in [1.165, 1.54) is 0 Å². The van der Waals surface area contributed by atoms with Crippen LogP contribution in [0.1, 0.15) is 12.0 Å². The van der Waals surface area contributed by atoms with Crippen LogP contribution in [0.25, 0.3) is 5.57 Å². The molecule has 1 aromatic rings. The first-order valence-corrected chi connectivity index (χ1v) is 4.98. The molecule has 0 radical (unpaired) electrons. The molecule has 16 heavy (non-hydrogen) atoms. The molecule has 1 aromatic carbocycles. The first-order valence-electron chi connectivity index (χ1n) is 4.98. The predicted molar refractivity (Wildman–Crippen MR) is 62.7 cm³/mol. The van der Waals surface area contributed by atoms with Crippen molar-refractivity contribution in [3.8, 4) is 6.07 Å². The zero-order valence-electron chi connectivity index (χ0n) is 9.94. The van der Waals surface area contributed by atoms with E-state index in [-0.39, 0.29) is 24.0 Å². The number of quaternary nitrogens is 1. The van der Waals surface area contributed by atoms with Gasteiger partial charge >= 0.3 is 0 Å². The molecule has 0 amide bonds. The van der Waals surface area contributed by atoms with Gasteiger partial charge in [0.25, 0.3) is 0 Å². The lowest BCUT2D eigenvalue weighted by Crippen LogP contribution is -3.00. The van der Waals surface area contributed by atoms with Crippen LogP contribution in [0, 0.1) is 11.3 Å². The van der Waals surface area contributed by atoms with Gasteiger partial charge < -0.3 is 28.5 Å². The van der Waals surface area contributed by atoms with Crippen molar-refractivity contribution in [2.75, 3.05) is 21.1 Å². The average Bonchev–Trinajstić information content (AvgIpc) is 2.17. The molecule has 86 valence electrons. The standard InChI is InChI=1S/C13H17N2.HI/c1-15(2,3)11-13(9-10-14)12-7-5-4-6-8-12;/h4-8,11H,9H2,1-3H3;1H/q+1;/p-1/b13-11+;. The average molecular weight is 328 g/mol. The van der Waals surface area contributed by atoms with Crippen molar-refractivity contribution in [1.82, 2.24) is 0 Å². The van der Waals surface area contributed by atoms with E-state index in [1.807, 2.05) is 30.3 Å². The first kappa shape index (κ1) is 15.1. The van der Waals surface area contributed by atoms with Crippen LogP contribution in [0.5, 0.6) is 0 Å². The molecule has 0 heterocycles. The second kappa shape index (κ2) is 6.66. The van der Waals surface area contributed by atoms with Crippen LogP contribution in [0.3, 0.4) is 0 Å². The molecule has 0 saturated heterocycles. The smallest absolute Gasteiger partial charge is 0.100 e. The van der Waals surface area contributed by atoms with E-state index in [2.05, 4.69) is 33.4 Å². The number of rotatable bonds is 3. The van der Waals surface area contributed by atoms with E-state index >= 15 is 0 Å². The van der Waals surface area contributed by atoms with Crippen LogP contribution < -0.4 is 24.0 Å². The van der Waals surface area contributed by atoms with Crippen molar-refractivity contribution in [1.29, 1.82) is 5.26 Å². The zero-order valence-corrected chi connectivity index (χ0v) is 12.1. The molecule has 0 spiro atoms. The fraction of sp³-hybridized carbons (Fsp3) is 0.308. The van der Waals surface area contributed by atoms with E-state index in [0.29, 0.717) is 6.42 Å². The van der Waals surface area contributed by atoms with Crippen LogP contribution in [-0.4, -0.2) is 25.6 Å². The van der Waals surface area contributed by atoms with Crippen LogP contribution in [0.15, 0.2) is 36.5 Å². The third-order valence-corrected chi connectivity index (χ3v) is 1.96. The quantitative estimate of drug-likeness (QED) is 0.550. The molecule has 0 fully saturated rings. The zero-order chi connectivity index (χ0) is 11.3. The molecular formula is C13H17IN2. The molecule has 0 N–H and O–H groups in total. The largest absolute Gasteiger partial charge is 1.00 e. The maximum Gasteiger partial charge on any atom is 0.100 e. The Hall–Kier alpha value is -0.860. The molecule has 0 atom stereocenters. The van der Waals surface area contributed by atoms with Crippen molar-refractivity contribution >= 4 is 5.57 Å². The van der Waals surface area contributed by atoms with Gasteiger partial charge in [-0.25, -0.2) is 0 Å². The Morgan fingerprint density at radius 3 is 2.25 bits per heavy atom. The van der Waals surface area contributed by atoms with Gasteiger partial charge in [0.1, 0.15) is 6.20 Å². The molecule has 0 aliphatic rings. The minimum Gasteiger partial charge on any atom is -1.00 e. The fourth-order valence-electron chi connectivity index (χ4n) is 1.43. The summed E-state index contributed by atoms with van der Waals surface area (Å²) in [7, 11) is 6.25. The van der Waals surface area contributed by atoms with Gasteiger partial charge in [0.05, 0.1) is 33.6 Å². The Kier molecular flexibility index (Phi) is 6.31. The van der Waals surface area contributed by atoms with Gasteiger partial charge in [0.2, 0.25) is 0 Å². The topological polar surface area (TPSA) is 23.8 Å². The highest BCUT2D eigenvalue weighted by Gasteiger charge is 2.08. The summed E-state index contributed by atoms with van der Waals surface area (Å²) in [6.45, 7) is 0. The molecule has 2 nitrogen and oxygen atoms in total. The van der Waals surface area contributed by atoms with Crippen LogP contribution in [0.4, 0.5) is 0 Å². The summed E-state index contributed by atoms with van der Waals surface area (Å²) >= 11 is 0. The fourth-order valence-corrected chi connectivity index (χ4v) is 1.43. The lowest BCUT2D eigenvalue weighted by Gasteiger charge is -2.19. The molecule has 0 bridgehead atoms. The van der Waals surface area contributed by atoms with Crippen molar-refractivity contribution in [3.05, 3.63) is 42.1 Å². The minimum absolute atomic E-state index is 0. The van der Waals surface area contributed by atoms with Crippen molar-refractivity contribution in [2.45, 2.75) is 6.42 Å². The van der Waals surface area contributed by atoms with Crippen LogP contribution in [0.2, 0.25) is 0 Å². The maximum atomic E-state index is 8.80. The Bertz CT molecular complexity index is 383. The van der Waals surface area contributed by atoms with E-state index in [0.717, 1.165) is 15.6 Å². The van der Waals surface area contributed by atoms with Gasteiger partial charge in [-0.15, -0.1) is 0 Å². The second-order valence-corrected chi connectivity index (χ2v) is 4.47. The highest BCUT2D eigenvalue weighted by atomic mass is 127. The third-order valence-electron chi connectivity index (χ3n) is 1.96. The monoisotopic (exact) mass is 328 g/mol. The van der Waals surface area contributed by atoms with E-state index in [1.54, 1.807) is 0 Å². The maximum absolute atomic E-state index is 8.80. The third kappa shape index (κ3) is 5.29. The summed E-state index contributed by atoms with van der Waals surface area (Å²) in [4.78, 5) is 0. The van der Waals surface area contributed by atoms with Gasteiger partial charge in [0.15, 0.2) is 0 Å². The summed E-state index contributed by atoms with van der Waals surface area (Å²) in [5.74, 6) is 0. The van der Waals surface area contributed by atoms with Gasteiger partial charge in [-0.05, 0) is 5.56 Å². The van der Waals surface area contributed by atoms with Crippen LogP contribution in [-0.2, 0) is 0 Å². The van der Waals surface area contributed by atoms with Crippen molar-refractivity contribution in [3.63, 3.8) is 0 Å². The number of hydrogen-bond donors (Lipinski definition) is 0. The van der Waals surface area contributed by atoms with E-state index in [4.69, 9.17) is 5.26 Å². The number of allylic oxidation sites excluding steroid dienone is 1. The Morgan fingerprint density at radius 1 is 1.25 bits per heavy atom. The summed E-state index contributed by atoms with van der Waals surface area (Å²) in [6, 6.07) is 12.3. The van der Waals surface area contributed by atoms with Gasteiger partial charge in [0, 0.05) is 5.57 Å². The highest BCUT2D eigenvalue weighted by Crippen LogP contribution is 2.18. The summed E-state index contributed by atoms with van der Waals surface area (Å²) < 4.78 is 0.728. The van der Waals surface area contributed by atoms with Crippen molar-refractivity contribution in [2.24, 2.45) is 0 Å². The predicted octanol–water partition coefficient (Wildman–Crippen LogP) is -0.349. The number of halogens is 1. The molecular weight excluding hydrogens is 311 g/mol.